The molecular formula is C15H42N7P3. The van der Waals surface area contributed by atoms with Gasteiger partial charge in [-0.2, -0.15) is 4.52 Å². The molecule has 0 aliphatic heterocycles. The van der Waals surface area contributed by atoms with Gasteiger partial charge in [0, 0.05) is 7.21 Å². The van der Waals surface area contributed by atoms with Crippen molar-refractivity contribution < 1.29 is 0 Å². The van der Waals surface area contributed by atoms with E-state index in [1.807, 2.05) is 0 Å². The lowest BCUT2D eigenvalue weighted by atomic mass is 10.1. The molecule has 0 amide bonds. The molecule has 0 saturated heterocycles. The highest BCUT2D eigenvalue weighted by Gasteiger charge is 2.32. The lowest BCUT2D eigenvalue weighted by molar-refractivity contribution is 0.560. The van der Waals surface area contributed by atoms with Crippen molar-refractivity contribution in [2.24, 2.45) is 13.8 Å². The van der Waals surface area contributed by atoms with Gasteiger partial charge in [-0.1, -0.05) is 0 Å². The van der Waals surface area contributed by atoms with Gasteiger partial charge in [0.25, 0.3) is 7.51 Å². The normalized spacial score (nSPS) is 16.6. The second kappa shape index (κ2) is 8.69. The summed E-state index contributed by atoms with van der Waals surface area (Å²) in [6, 6.07) is 0. The summed E-state index contributed by atoms with van der Waals surface area (Å²) in [4.78, 5) is 0. The zero-order valence-electron chi connectivity index (χ0n) is 19.0. The van der Waals surface area contributed by atoms with E-state index in [1.54, 1.807) is 0 Å². The van der Waals surface area contributed by atoms with Crippen LogP contribution in [-0.4, -0.2) is 101 Å². The van der Waals surface area contributed by atoms with Gasteiger partial charge >= 0.3 is 0 Å². The minimum atomic E-state index is -2.41. The molecule has 7 nitrogen and oxygen atoms in total. The summed E-state index contributed by atoms with van der Waals surface area (Å²) < 4.78 is 25.0. The molecule has 0 aromatic carbocycles. The fourth-order valence-electron chi connectivity index (χ4n) is 1.83. The maximum Gasteiger partial charge on any atom is 0.256 e. The molecule has 1 unspecified atom stereocenters. The van der Waals surface area contributed by atoms with Crippen LogP contribution in [0.15, 0.2) is 13.8 Å². The van der Waals surface area contributed by atoms with Crippen LogP contribution in [0.1, 0.15) is 20.8 Å². The molecule has 0 radical (unpaired) electrons. The lowest BCUT2D eigenvalue weighted by Crippen LogP contribution is -2.21. The molecule has 0 aliphatic rings. The smallest absolute Gasteiger partial charge is 0.256 e. The zero-order chi connectivity index (χ0) is 20.4. The van der Waals surface area contributed by atoms with Crippen molar-refractivity contribution in [3.05, 3.63) is 0 Å². The van der Waals surface area contributed by atoms with E-state index in [9.17, 15) is 0 Å². The molecule has 1 atom stereocenters. The zero-order valence-corrected chi connectivity index (χ0v) is 21.7. The van der Waals surface area contributed by atoms with Crippen molar-refractivity contribution in [3.8, 4) is 0 Å². The summed E-state index contributed by atoms with van der Waals surface area (Å²) in [5.41, 5.74) is -0.208. The van der Waals surface area contributed by atoms with Gasteiger partial charge < -0.3 is 0 Å². The van der Waals surface area contributed by atoms with Crippen molar-refractivity contribution in [1.82, 2.24) is 18.7 Å². The first-order chi connectivity index (χ1) is 10.9. The molecule has 0 spiro atoms. The van der Waals surface area contributed by atoms with Gasteiger partial charge in [-0.3, -0.25) is 14.0 Å². The molecule has 0 aliphatic carbocycles. The highest BCUT2D eigenvalue weighted by atomic mass is 31.2. The maximum atomic E-state index is 5.46. The Hall–Kier alpha value is 0.530. The Balaban J connectivity index is 7.26. The molecule has 0 saturated carbocycles. The molecule has 10 heteroatoms. The number of hydrogen-bond acceptors (Lipinski definition) is 1. The van der Waals surface area contributed by atoms with Crippen LogP contribution in [0.3, 0.4) is 0 Å². The van der Waals surface area contributed by atoms with Crippen LogP contribution in [0.2, 0.25) is 0 Å². The van der Waals surface area contributed by atoms with Crippen molar-refractivity contribution in [3.63, 3.8) is 0 Å². The standard InChI is InChI=1S/C15H42N7P3/c1-15(2,3)16-25(22(10)11,17-23(12,13)19(4)5)18-24(14,20(6)7)21(8)9/h1-14H3. The van der Waals surface area contributed by atoms with Gasteiger partial charge in [0.05, 0.1) is 5.54 Å². The van der Waals surface area contributed by atoms with Crippen LogP contribution in [0.4, 0.5) is 0 Å². The summed E-state index contributed by atoms with van der Waals surface area (Å²) in [5.74, 6) is 0. The Morgan fingerprint density at radius 1 is 0.600 bits per heavy atom. The SMILES string of the molecule is CN(C)P(C)(C)=NP(=NC(C)(C)C)(N=P(C)(N(C)C)N(C)C)N(C)C. The molecule has 0 bridgehead atoms. The maximum absolute atomic E-state index is 5.46. The van der Waals surface area contributed by atoms with Crippen molar-refractivity contribution in [1.29, 1.82) is 0 Å². The van der Waals surface area contributed by atoms with E-state index in [0.29, 0.717) is 0 Å². The number of hydrogen-bond donors (Lipinski definition) is 0. The molecule has 0 fully saturated rings. The predicted molar refractivity (Wildman–Crippen MR) is 120 cm³/mol. The van der Waals surface area contributed by atoms with Crippen molar-refractivity contribution in [2.75, 3.05) is 76.4 Å². The van der Waals surface area contributed by atoms with Crippen LogP contribution >= 0.6 is 22.1 Å². The van der Waals surface area contributed by atoms with Gasteiger partial charge in [0.2, 0.25) is 0 Å². The van der Waals surface area contributed by atoms with Crippen molar-refractivity contribution >= 4 is 22.1 Å². The van der Waals surface area contributed by atoms with Gasteiger partial charge in [-0.05, 0) is 97.1 Å². The van der Waals surface area contributed by atoms with E-state index < -0.39 is 22.1 Å². The predicted octanol–water partition coefficient (Wildman–Crippen LogP) is 5.01. The van der Waals surface area contributed by atoms with E-state index in [-0.39, 0.29) is 5.54 Å². The molecule has 25 heavy (non-hydrogen) atoms. The quantitative estimate of drug-likeness (QED) is 0.574. The van der Waals surface area contributed by atoms with Gasteiger partial charge in [0.15, 0.2) is 0 Å². The largest absolute Gasteiger partial charge is 0.276 e. The fraction of sp³-hybridized carbons (Fsp3) is 1.00. The number of nitrogens with zero attached hydrogens (tertiary/aromatic N) is 7. The van der Waals surface area contributed by atoms with Crippen LogP contribution in [0.25, 0.3) is 0 Å². The Bertz CT molecular complexity index is 595. The van der Waals surface area contributed by atoms with Gasteiger partial charge in [-0.25, -0.2) is 13.9 Å². The van der Waals surface area contributed by atoms with Crippen molar-refractivity contribution in [2.45, 2.75) is 26.3 Å². The molecule has 0 rings (SSSR count). The first-order valence-corrected chi connectivity index (χ1v) is 14.7. The molecule has 0 heterocycles. The van der Waals surface area contributed by atoms with E-state index >= 15 is 0 Å². The Morgan fingerprint density at radius 3 is 1.24 bits per heavy atom. The Kier molecular flexibility index (Phi) is 8.88. The summed E-state index contributed by atoms with van der Waals surface area (Å²) in [5, 5.41) is 0. The average molecular weight is 413 g/mol. The highest BCUT2D eigenvalue weighted by Crippen LogP contribution is 2.70. The second-order valence-corrected chi connectivity index (χ2v) is 18.9. The molecule has 0 aromatic heterocycles. The topological polar surface area (TPSA) is 50.0 Å². The molecule has 0 N–H and O–H groups in total. The van der Waals surface area contributed by atoms with Crippen LogP contribution in [0.5, 0.6) is 0 Å². The van der Waals surface area contributed by atoms with Gasteiger partial charge in [0.1, 0.15) is 7.36 Å². The van der Waals surface area contributed by atoms with Crippen LogP contribution in [-0.2, 0) is 0 Å². The number of rotatable bonds is 6. The second-order valence-electron chi connectivity index (χ2n) is 8.58. The average Bonchev–Trinajstić information content (AvgIpc) is 2.34. The Labute approximate surface area is 157 Å². The summed E-state index contributed by atoms with van der Waals surface area (Å²) in [6.45, 7) is 13.1. The van der Waals surface area contributed by atoms with Gasteiger partial charge in [-0.15, -0.1) is 0 Å². The van der Waals surface area contributed by atoms with E-state index in [0.717, 1.165) is 0 Å². The first-order valence-electron chi connectivity index (χ1n) is 8.44. The molecule has 0 aromatic rings. The lowest BCUT2D eigenvalue weighted by Gasteiger charge is -2.38. The third-order valence-electron chi connectivity index (χ3n) is 4.09. The van der Waals surface area contributed by atoms with E-state index in [2.05, 4.69) is 116 Å². The third kappa shape index (κ3) is 6.88. The minimum absolute atomic E-state index is 0.208. The fourth-order valence-corrected chi connectivity index (χ4v) is 11.7. The monoisotopic (exact) mass is 413 g/mol. The molecule has 152 valence electrons. The van der Waals surface area contributed by atoms with E-state index in [1.165, 1.54) is 0 Å². The molecular weight excluding hydrogens is 371 g/mol. The summed E-state index contributed by atoms with van der Waals surface area (Å²) in [7, 11) is 10.8. The highest BCUT2D eigenvalue weighted by molar-refractivity contribution is 7.77. The summed E-state index contributed by atoms with van der Waals surface area (Å²) >= 11 is 0. The van der Waals surface area contributed by atoms with Crippen LogP contribution in [0, 0.1) is 0 Å². The summed E-state index contributed by atoms with van der Waals surface area (Å²) in [6.07, 6.45) is 0. The third-order valence-corrected chi connectivity index (χ3v) is 16.1. The Morgan fingerprint density at radius 2 is 1.00 bits per heavy atom. The first kappa shape index (κ1) is 25.5. The van der Waals surface area contributed by atoms with E-state index in [4.69, 9.17) is 13.8 Å². The van der Waals surface area contributed by atoms with Crippen LogP contribution < -0.4 is 0 Å². The minimum Gasteiger partial charge on any atom is -0.276 e.